The maximum atomic E-state index is 12.3. The van der Waals surface area contributed by atoms with Gasteiger partial charge in [0, 0.05) is 57.0 Å². The van der Waals surface area contributed by atoms with Gasteiger partial charge in [0.05, 0.1) is 0 Å². The van der Waals surface area contributed by atoms with Gasteiger partial charge in [0.25, 0.3) is 5.56 Å². The third kappa shape index (κ3) is 3.57. The van der Waals surface area contributed by atoms with Gasteiger partial charge in [-0.3, -0.25) is 9.69 Å². The molecule has 0 amide bonds. The van der Waals surface area contributed by atoms with Gasteiger partial charge in [0.15, 0.2) is 5.82 Å². The lowest BCUT2D eigenvalue weighted by molar-refractivity contribution is 0.273. The molecule has 6 heteroatoms. The number of nitrogens with zero attached hydrogens (tertiary/aromatic N) is 4. The molecule has 0 N–H and O–H groups in total. The number of anilines is 1. The highest BCUT2D eigenvalue weighted by molar-refractivity contribution is 9.09. The zero-order valence-corrected chi connectivity index (χ0v) is 13.0. The lowest BCUT2D eigenvalue weighted by Crippen LogP contribution is -2.49. The second-order valence-corrected chi connectivity index (χ2v) is 5.56. The number of piperazine rings is 1. The molecule has 1 fully saturated rings. The third-order valence-corrected chi connectivity index (χ3v) is 3.79. The molecule has 5 nitrogen and oxygen atoms in total. The Morgan fingerprint density at radius 1 is 1.26 bits per heavy atom. The van der Waals surface area contributed by atoms with Crippen LogP contribution in [-0.2, 0) is 6.54 Å². The van der Waals surface area contributed by atoms with Crippen molar-refractivity contribution < 1.29 is 0 Å². The van der Waals surface area contributed by atoms with Crippen molar-refractivity contribution in [3.63, 3.8) is 0 Å². The zero-order chi connectivity index (χ0) is 13.7. The maximum absolute atomic E-state index is 12.3. The predicted molar refractivity (Wildman–Crippen MR) is 81.2 cm³/mol. The van der Waals surface area contributed by atoms with Crippen molar-refractivity contribution in [1.82, 2.24) is 14.5 Å². The van der Waals surface area contributed by atoms with Crippen molar-refractivity contribution in [3.8, 4) is 0 Å². The number of hydrogen-bond donors (Lipinski definition) is 0. The van der Waals surface area contributed by atoms with Gasteiger partial charge < -0.3 is 9.47 Å². The molecule has 0 aliphatic carbocycles. The van der Waals surface area contributed by atoms with E-state index >= 15 is 0 Å². The standard InChI is InChI=1S/C13H21BrN4O/c1-2-5-18-7-4-15-12(13(18)19)17-10-8-16(6-3-14)9-11-17/h4,7H,2-3,5-6,8-11H2,1H3. The van der Waals surface area contributed by atoms with Crippen LogP contribution in [0.15, 0.2) is 17.2 Å². The minimum Gasteiger partial charge on any atom is -0.349 e. The Morgan fingerprint density at radius 2 is 2.00 bits per heavy atom. The van der Waals surface area contributed by atoms with Gasteiger partial charge >= 0.3 is 0 Å². The van der Waals surface area contributed by atoms with E-state index in [0.29, 0.717) is 5.82 Å². The number of alkyl halides is 1. The molecule has 0 spiro atoms. The largest absolute Gasteiger partial charge is 0.349 e. The van der Waals surface area contributed by atoms with E-state index in [-0.39, 0.29) is 5.56 Å². The Balaban J connectivity index is 2.07. The summed E-state index contributed by atoms with van der Waals surface area (Å²) >= 11 is 3.46. The molecule has 0 radical (unpaired) electrons. The van der Waals surface area contributed by atoms with Crippen molar-refractivity contribution in [2.24, 2.45) is 0 Å². The van der Waals surface area contributed by atoms with E-state index < -0.39 is 0 Å². The molecule has 0 saturated carbocycles. The fourth-order valence-corrected chi connectivity index (χ4v) is 2.87. The fraction of sp³-hybridized carbons (Fsp3) is 0.692. The monoisotopic (exact) mass is 328 g/mol. The van der Waals surface area contributed by atoms with Gasteiger partial charge in [0.1, 0.15) is 0 Å². The van der Waals surface area contributed by atoms with Crippen molar-refractivity contribution >= 4 is 21.7 Å². The molecule has 0 aromatic carbocycles. The van der Waals surface area contributed by atoms with Crippen LogP contribution in [0.25, 0.3) is 0 Å². The highest BCUT2D eigenvalue weighted by Gasteiger charge is 2.20. The van der Waals surface area contributed by atoms with Crippen LogP contribution >= 0.6 is 15.9 Å². The van der Waals surface area contributed by atoms with Crippen LogP contribution < -0.4 is 10.5 Å². The number of halogens is 1. The van der Waals surface area contributed by atoms with Gasteiger partial charge in [-0.25, -0.2) is 4.98 Å². The van der Waals surface area contributed by atoms with Crippen molar-refractivity contribution in [2.45, 2.75) is 19.9 Å². The molecule has 0 bridgehead atoms. The van der Waals surface area contributed by atoms with Gasteiger partial charge in [-0.15, -0.1) is 0 Å². The highest BCUT2D eigenvalue weighted by atomic mass is 79.9. The Hall–Kier alpha value is -0.880. The van der Waals surface area contributed by atoms with Crippen LogP contribution in [-0.4, -0.2) is 52.5 Å². The number of aryl methyl sites for hydroxylation is 1. The van der Waals surface area contributed by atoms with Crippen molar-refractivity contribution in [3.05, 3.63) is 22.7 Å². The van der Waals surface area contributed by atoms with E-state index in [1.807, 2.05) is 0 Å². The van der Waals surface area contributed by atoms with E-state index in [2.05, 4.69) is 37.6 Å². The number of aromatic nitrogens is 2. The maximum Gasteiger partial charge on any atom is 0.293 e. The molecule has 1 aromatic rings. The predicted octanol–water partition coefficient (Wildman–Crippen LogP) is 1.17. The van der Waals surface area contributed by atoms with E-state index in [1.54, 1.807) is 17.0 Å². The molecule has 1 aliphatic rings. The molecule has 0 atom stereocenters. The first-order valence-electron chi connectivity index (χ1n) is 6.85. The zero-order valence-electron chi connectivity index (χ0n) is 11.4. The Bertz CT molecular complexity index is 454. The number of rotatable bonds is 5. The van der Waals surface area contributed by atoms with E-state index in [4.69, 9.17) is 0 Å². The average molecular weight is 329 g/mol. The lowest BCUT2D eigenvalue weighted by Gasteiger charge is -2.34. The summed E-state index contributed by atoms with van der Waals surface area (Å²) < 4.78 is 1.76. The Kier molecular flexibility index (Phi) is 5.39. The van der Waals surface area contributed by atoms with Gasteiger partial charge in [-0.05, 0) is 6.42 Å². The Labute approximate surface area is 122 Å². The smallest absolute Gasteiger partial charge is 0.293 e. The molecule has 19 heavy (non-hydrogen) atoms. The van der Waals surface area contributed by atoms with Crippen LogP contribution in [0, 0.1) is 0 Å². The highest BCUT2D eigenvalue weighted by Crippen LogP contribution is 2.09. The minimum absolute atomic E-state index is 0.0401. The van der Waals surface area contributed by atoms with Crippen LogP contribution in [0.3, 0.4) is 0 Å². The van der Waals surface area contributed by atoms with E-state index in [0.717, 1.165) is 51.0 Å². The summed E-state index contributed by atoms with van der Waals surface area (Å²) in [6, 6.07) is 0. The van der Waals surface area contributed by atoms with Crippen LogP contribution in [0.4, 0.5) is 5.82 Å². The summed E-state index contributed by atoms with van der Waals surface area (Å²) in [5, 5.41) is 1.000. The van der Waals surface area contributed by atoms with Crippen LogP contribution in [0.5, 0.6) is 0 Å². The molecule has 1 saturated heterocycles. The fourth-order valence-electron chi connectivity index (χ4n) is 2.37. The van der Waals surface area contributed by atoms with Gasteiger partial charge in [-0.2, -0.15) is 0 Å². The second kappa shape index (κ2) is 7.05. The molecular weight excluding hydrogens is 308 g/mol. The summed E-state index contributed by atoms with van der Waals surface area (Å²) in [5.74, 6) is 0.606. The van der Waals surface area contributed by atoms with Gasteiger partial charge in [-0.1, -0.05) is 22.9 Å². The van der Waals surface area contributed by atoms with E-state index in [1.165, 1.54) is 0 Å². The SMILES string of the molecule is CCCn1ccnc(N2CCN(CCBr)CC2)c1=O. The van der Waals surface area contributed by atoms with Crippen molar-refractivity contribution in [2.75, 3.05) is 43.0 Å². The summed E-state index contributed by atoms with van der Waals surface area (Å²) in [7, 11) is 0. The normalized spacial score (nSPS) is 16.8. The lowest BCUT2D eigenvalue weighted by atomic mass is 10.3. The van der Waals surface area contributed by atoms with E-state index in [9.17, 15) is 4.79 Å². The topological polar surface area (TPSA) is 41.4 Å². The average Bonchev–Trinajstić information content (AvgIpc) is 2.43. The molecule has 2 rings (SSSR count). The van der Waals surface area contributed by atoms with Crippen LogP contribution in [0.2, 0.25) is 0 Å². The summed E-state index contributed by atoms with van der Waals surface area (Å²) in [4.78, 5) is 21.1. The molecule has 0 unspecified atom stereocenters. The summed E-state index contributed by atoms with van der Waals surface area (Å²) in [6.07, 6.45) is 4.47. The third-order valence-electron chi connectivity index (χ3n) is 3.43. The first kappa shape index (κ1) is 14.5. The first-order valence-corrected chi connectivity index (χ1v) is 7.97. The minimum atomic E-state index is 0.0401. The molecule has 1 aromatic heterocycles. The Morgan fingerprint density at radius 3 is 2.63 bits per heavy atom. The van der Waals surface area contributed by atoms with Crippen LogP contribution in [0.1, 0.15) is 13.3 Å². The van der Waals surface area contributed by atoms with Gasteiger partial charge in [0.2, 0.25) is 0 Å². The quantitative estimate of drug-likeness (QED) is 0.761. The first-order chi connectivity index (χ1) is 9.26. The van der Waals surface area contributed by atoms with Crippen molar-refractivity contribution in [1.29, 1.82) is 0 Å². The summed E-state index contributed by atoms with van der Waals surface area (Å²) in [5.41, 5.74) is 0.0401. The molecular formula is C13H21BrN4O. The molecule has 1 aliphatic heterocycles. The summed E-state index contributed by atoms with van der Waals surface area (Å²) in [6.45, 7) is 7.65. The number of hydrogen-bond acceptors (Lipinski definition) is 4. The second-order valence-electron chi connectivity index (χ2n) is 4.77. The molecule has 2 heterocycles. The molecule has 106 valence electrons.